The SMILES string of the molecule is Cc1ncc(NC(=O)CCN2CCCC23CCCC3)cc1NC(=O)c1nnc2cc(-c3cnn(C)c3)ccn12. The number of fused-ring (bicyclic) bond motifs is 1. The van der Waals surface area contributed by atoms with Crippen LogP contribution in [0.5, 0.6) is 0 Å². The molecule has 1 spiro atoms. The zero-order valence-corrected chi connectivity index (χ0v) is 22.4. The summed E-state index contributed by atoms with van der Waals surface area (Å²) in [5, 5.41) is 18.3. The van der Waals surface area contributed by atoms with Gasteiger partial charge in [0.1, 0.15) is 0 Å². The lowest BCUT2D eigenvalue weighted by molar-refractivity contribution is -0.116. The third-order valence-electron chi connectivity index (χ3n) is 8.15. The fourth-order valence-corrected chi connectivity index (χ4v) is 6.10. The quantitative estimate of drug-likeness (QED) is 0.375. The Morgan fingerprint density at radius 1 is 1.03 bits per heavy atom. The molecule has 11 nitrogen and oxygen atoms in total. The van der Waals surface area contributed by atoms with Gasteiger partial charge < -0.3 is 10.6 Å². The predicted molar refractivity (Wildman–Crippen MR) is 147 cm³/mol. The highest BCUT2D eigenvalue weighted by atomic mass is 16.2. The van der Waals surface area contributed by atoms with E-state index < -0.39 is 5.91 Å². The van der Waals surface area contributed by atoms with Gasteiger partial charge in [-0.25, -0.2) is 0 Å². The number of carbonyl (C=O) groups excluding carboxylic acids is 2. The Hall–Kier alpha value is -4.12. The summed E-state index contributed by atoms with van der Waals surface area (Å²) in [4.78, 5) is 32.8. The highest BCUT2D eigenvalue weighted by Gasteiger charge is 2.42. The first-order valence-electron chi connectivity index (χ1n) is 13.6. The minimum absolute atomic E-state index is 0.0501. The van der Waals surface area contributed by atoms with Gasteiger partial charge in [0.05, 0.1) is 29.5 Å². The number of hydrogen-bond donors (Lipinski definition) is 2. The van der Waals surface area contributed by atoms with E-state index in [1.54, 1.807) is 40.7 Å². The van der Waals surface area contributed by atoms with E-state index in [1.165, 1.54) is 38.5 Å². The van der Waals surface area contributed by atoms with Gasteiger partial charge in [-0.3, -0.25) is 28.6 Å². The van der Waals surface area contributed by atoms with E-state index >= 15 is 0 Å². The maximum atomic E-state index is 13.1. The number of aromatic nitrogens is 6. The highest BCUT2D eigenvalue weighted by molar-refractivity contribution is 6.03. The molecule has 0 radical (unpaired) electrons. The van der Waals surface area contributed by atoms with E-state index in [9.17, 15) is 9.59 Å². The normalized spacial score (nSPS) is 16.8. The number of rotatable bonds is 7. The molecular formula is C28H33N9O2. The van der Waals surface area contributed by atoms with Crippen molar-refractivity contribution in [3.05, 3.63) is 54.5 Å². The molecule has 1 aliphatic carbocycles. The summed E-state index contributed by atoms with van der Waals surface area (Å²) in [6.45, 7) is 3.66. The van der Waals surface area contributed by atoms with E-state index in [1.807, 2.05) is 25.4 Å². The van der Waals surface area contributed by atoms with Crippen LogP contribution < -0.4 is 10.6 Å². The lowest BCUT2D eigenvalue weighted by atomic mass is 9.94. The topological polar surface area (TPSA) is 122 Å². The third-order valence-corrected chi connectivity index (χ3v) is 8.15. The van der Waals surface area contributed by atoms with Crippen molar-refractivity contribution in [2.45, 2.75) is 57.4 Å². The second-order valence-electron chi connectivity index (χ2n) is 10.7. The number of amides is 2. The predicted octanol–water partition coefficient (Wildman–Crippen LogP) is 3.82. The first-order chi connectivity index (χ1) is 18.9. The molecule has 2 fully saturated rings. The van der Waals surface area contributed by atoms with Crippen LogP contribution in [0.3, 0.4) is 0 Å². The van der Waals surface area contributed by atoms with Gasteiger partial charge in [-0.2, -0.15) is 5.10 Å². The largest absolute Gasteiger partial charge is 0.325 e. The molecule has 2 N–H and O–H groups in total. The molecule has 6 rings (SSSR count). The summed E-state index contributed by atoms with van der Waals surface area (Å²) in [6, 6.07) is 5.49. The lowest BCUT2D eigenvalue weighted by Gasteiger charge is -2.35. The molecule has 4 aromatic heterocycles. The molecule has 2 amide bonds. The van der Waals surface area contributed by atoms with Crippen molar-refractivity contribution in [1.29, 1.82) is 0 Å². The number of nitrogens with zero attached hydrogens (tertiary/aromatic N) is 7. The standard InChI is InChI=1S/C28H33N9O2/c1-19-23(15-22(17-29-19)31-25(38)7-12-36-11-5-10-28(36)8-3-4-9-28)32-27(39)26-34-33-24-14-20(6-13-37(24)26)21-16-30-35(2)18-21/h6,13-18H,3-5,7-12H2,1-2H3,(H,31,38)(H,32,39). The molecule has 0 bridgehead atoms. The average molecular weight is 528 g/mol. The van der Waals surface area contributed by atoms with Gasteiger partial charge in [0.15, 0.2) is 5.65 Å². The van der Waals surface area contributed by atoms with Crippen LogP contribution in [0.2, 0.25) is 0 Å². The zero-order chi connectivity index (χ0) is 27.0. The van der Waals surface area contributed by atoms with Gasteiger partial charge in [-0.1, -0.05) is 12.8 Å². The van der Waals surface area contributed by atoms with Crippen LogP contribution in [-0.2, 0) is 11.8 Å². The van der Waals surface area contributed by atoms with E-state index in [4.69, 9.17) is 0 Å². The Morgan fingerprint density at radius 3 is 2.64 bits per heavy atom. The average Bonchev–Trinajstić information content (AvgIpc) is 3.73. The van der Waals surface area contributed by atoms with Gasteiger partial charge >= 0.3 is 0 Å². The van der Waals surface area contributed by atoms with Gasteiger partial charge in [0.2, 0.25) is 11.7 Å². The van der Waals surface area contributed by atoms with Crippen molar-refractivity contribution in [2.24, 2.45) is 7.05 Å². The molecule has 1 saturated heterocycles. The van der Waals surface area contributed by atoms with Crippen molar-refractivity contribution < 1.29 is 9.59 Å². The molecule has 0 aromatic carbocycles. The van der Waals surface area contributed by atoms with Crippen LogP contribution in [-0.4, -0.2) is 64.7 Å². The van der Waals surface area contributed by atoms with Crippen LogP contribution in [0.15, 0.2) is 43.0 Å². The summed E-state index contributed by atoms with van der Waals surface area (Å²) >= 11 is 0. The van der Waals surface area contributed by atoms with Crippen molar-refractivity contribution in [2.75, 3.05) is 23.7 Å². The van der Waals surface area contributed by atoms with E-state index in [0.29, 0.717) is 34.7 Å². The maximum Gasteiger partial charge on any atom is 0.294 e. The molecule has 5 heterocycles. The molecule has 11 heteroatoms. The summed E-state index contributed by atoms with van der Waals surface area (Å²) in [7, 11) is 1.86. The molecule has 4 aromatic rings. The molecule has 39 heavy (non-hydrogen) atoms. The zero-order valence-electron chi connectivity index (χ0n) is 22.4. The van der Waals surface area contributed by atoms with Gasteiger partial charge in [0.25, 0.3) is 5.91 Å². The number of aryl methyl sites for hydroxylation is 2. The van der Waals surface area contributed by atoms with Crippen molar-refractivity contribution in [1.82, 2.24) is 34.3 Å². The lowest BCUT2D eigenvalue weighted by Crippen LogP contribution is -2.42. The first-order valence-corrected chi connectivity index (χ1v) is 13.6. The van der Waals surface area contributed by atoms with Crippen LogP contribution in [0.1, 0.15) is 61.3 Å². The van der Waals surface area contributed by atoms with E-state index in [0.717, 1.165) is 24.2 Å². The van der Waals surface area contributed by atoms with E-state index in [2.05, 4.69) is 35.8 Å². The van der Waals surface area contributed by atoms with Gasteiger partial charge in [-0.05, 0) is 62.9 Å². The molecule has 0 atom stereocenters. The summed E-state index contributed by atoms with van der Waals surface area (Å²) < 4.78 is 3.37. The fourth-order valence-electron chi connectivity index (χ4n) is 6.10. The van der Waals surface area contributed by atoms with Crippen molar-refractivity contribution in [3.63, 3.8) is 0 Å². The number of pyridine rings is 2. The van der Waals surface area contributed by atoms with Crippen molar-refractivity contribution >= 4 is 28.8 Å². The molecule has 1 saturated carbocycles. The number of carbonyl (C=O) groups is 2. The summed E-state index contributed by atoms with van der Waals surface area (Å²) in [5.41, 5.74) is 4.45. The monoisotopic (exact) mass is 527 g/mol. The fraction of sp³-hybridized carbons (Fsp3) is 0.429. The van der Waals surface area contributed by atoms with Gasteiger partial charge in [0, 0.05) is 43.5 Å². The molecular weight excluding hydrogens is 494 g/mol. The number of nitrogens with one attached hydrogen (secondary N) is 2. The third kappa shape index (κ3) is 5.01. The Labute approximate surface area is 226 Å². The molecule has 0 unspecified atom stereocenters. The minimum Gasteiger partial charge on any atom is -0.325 e. The highest BCUT2D eigenvalue weighted by Crippen LogP contribution is 2.43. The number of hydrogen-bond acceptors (Lipinski definition) is 7. The van der Waals surface area contributed by atoms with Crippen LogP contribution in [0.4, 0.5) is 11.4 Å². The summed E-state index contributed by atoms with van der Waals surface area (Å²) in [5.74, 6) is -0.310. The molecule has 2 aliphatic rings. The molecule has 1 aliphatic heterocycles. The Kier molecular flexibility index (Phi) is 6.59. The maximum absolute atomic E-state index is 13.1. The minimum atomic E-state index is -0.416. The number of likely N-dealkylation sites (tertiary alicyclic amines) is 1. The smallest absolute Gasteiger partial charge is 0.294 e. The Morgan fingerprint density at radius 2 is 1.85 bits per heavy atom. The molecule has 202 valence electrons. The van der Waals surface area contributed by atoms with Crippen LogP contribution in [0, 0.1) is 6.92 Å². The Balaban J connectivity index is 1.11. The number of anilines is 2. The summed E-state index contributed by atoms with van der Waals surface area (Å²) in [6.07, 6.45) is 15.1. The van der Waals surface area contributed by atoms with Crippen molar-refractivity contribution in [3.8, 4) is 11.1 Å². The van der Waals surface area contributed by atoms with E-state index in [-0.39, 0.29) is 11.7 Å². The van der Waals surface area contributed by atoms with Crippen LogP contribution in [0.25, 0.3) is 16.8 Å². The van der Waals surface area contributed by atoms with Crippen LogP contribution >= 0.6 is 0 Å². The first kappa shape index (κ1) is 25.2. The second-order valence-corrected chi connectivity index (χ2v) is 10.7. The van der Waals surface area contributed by atoms with Gasteiger partial charge in [-0.15, -0.1) is 10.2 Å². The second kappa shape index (κ2) is 10.2. The Bertz CT molecular complexity index is 1530.